The minimum absolute atomic E-state index is 0.115. The highest BCUT2D eigenvalue weighted by atomic mass is 79.9. The molecule has 0 saturated carbocycles. The molecule has 0 aromatic carbocycles. The number of hydrogen-bond donors (Lipinski definition) is 1. The summed E-state index contributed by atoms with van der Waals surface area (Å²) in [5, 5.41) is 0. The fraction of sp³-hybridized carbons (Fsp3) is 0.692. The van der Waals surface area contributed by atoms with E-state index in [0.717, 1.165) is 20.2 Å². The zero-order valence-electron chi connectivity index (χ0n) is 12.1. The van der Waals surface area contributed by atoms with Gasteiger partial charge in [-0.1, -0.05) is 11.6 Å². The summed E-state index contributed by atoms with van der Waals surface area (Å²) >= 11 is 11.2. The molecule has 116 valence electrons. The predicted molar refractivity (Wildman–Crippen MR) is 88.7 cm³/mol. The highest BCUT2D eigenvalue weighted by Gasteiger charge is 2.25. The summed E-state index contributed by atoms with van der Waals surface area (Å²) in [7, 11) is 3.41. The van der Waals surface area contributed by atoms with Crippen LogP contribution in [0, 0.1) is 0 Å². The molecule has 20 heavy (non-hydrogen) atoms. The summed E-state index contributed by atoms with van der Waals surface area (Å²) in [5.41, 5.74) is 6.00. The van der Waals surface area contributed by atoms with Crippen molar-refractivity contribution in [3.05, 3.63) is 19.8 Å². The molecule has 4 nitrogen and oxygen atoms in total. The minimum Gasteiger partial charge on any atom is -0.383 e. The van der Waals surface area contributed by atoms with Crippen LogP contribution in [0.2, 0.25) is 4.34 Å². The van der Waals surface area contributed by atoms with Crippen molar-refractivity contribution in [2.45, 2.75) is 19.0 Å². The quantitative estimate of drug-likeness (QED) is 0.709. The number of hydrogen-bond acceptors (Lipinski definition) is 5. The molecule has 0 radical (unpaired) electrons. The summed E-state index contributed by atoms with van der Waals surface area (Å²) in [6, 6.07) is 2.41. The first-order valence-electron chi connectivity index (χ1n) is 6.43. The Balaban J connectivity index is 2.94. The van der Waals surface area contributed by atoms with Crippen molar-refractivity contribution in [2.24, 2.45) is 5.73 Å². The van der Waals surface area contributed by atoms with Crippen molar-refractivity contribution >= 4 is 38.9 Å². The first kappa shape index (κ1) is 18.4. The Bertz CT molecular complexity index is 386. The normalized spacial score (nSPS) is 14.8. The topological polar surface area (TPSA) is 47.7 Å². The maximum atomic E-state index is 6.14. The number of halogens is 2. The van der Waals surface area contributed by atoms with Crippen LogP contribution in [0.15, 0.2) is 10.5 Å². The van der Waals surface area contributed by atoms with Gasteiger partial charge in [0.25, 0.3) is 0 Å². The third-order valence-corrected chi connectivity index (χ3v) is 5.72. The van der Waals surface area contributed by atoms with E-state index in [-0.39, 0.29) is 12.1 Å². The maximum absolute atomic E-state index is 6.14. The Morgan fingerprint density at radius 1 is 1.45 bits per heavy atom. The Kier molecular flexibility index (Phi) is 8.59. The van der Waals surface area contributed by atoms with Gasteiger partial charge in [0.2, 0.25) is 0 Å². The SMILES string of the molecule is COCCN(C(C)COC)C(CN)c1cc(Br)c(Cl)s1. The van der Waals surface area contributed by atoms with Gasteiger partial charge in [0, 0.05) is 42.7 Å². The van der Waals surface area contributed by atoms with Crippen LogP contribution < -0.4 is 5.73 Å². The van der Waals surface area contributed by atoms with E-state index in [1.165, 1.54) is 0 Å². The van der Waals surface area contributed by atoms with Gasteiger partial charge in [-0.05, 0) is 28.9 Å². The molecule has 0 aliphatic heterocycles. The van der Waals surface area contributed by atoms with Crippen molar-refractivity contribution in [3.8, 4) is 0 Å². The van der Waals surface area contributed by atoms with Gasteiger partial charge in [0.05, 0.1) is 19.3 Å². The Morgan fingerprint density at radius 2 is 2.15 bits per heavy atom. The number of rotatable bonds is 9. The lowest BCUT2D eigenvalue weighted by molar-refractivity contribution is 0.0496. The van der Waals surface area contributed by atoms with Gasteiger partial charge in [-0.15, -0.1) is 11.3 Å². The second-order valence-electron chi connectivity index (χ2n) is 4.56. The van der Waals surface area contributed by atoms with Gasteiger partial charge in [-0.2, -0.15) is 0 Å². The van der Waals surface area contributed by atoms with Crippen LogP contribution in [0.5, 0.6) is 0 Å². The summed E-state index contributed by atoms with van der Waals surface area (Å²) in [5.74, 6) is 0. The lowest BCUT2D eigenvalue weighted by Crippen LogP contribution is -2.43. The van der Waals surface area contributed by atoms with Crippen LogP contribution in [0.1, 0.15) is 17.8 Å². The molecule has 0 aliphatic rings. The fourth-order valence-electron chi connectivity index (χ4n) is 2.16. The van der Waals surface area contributed by atoms with E-state index >= 15 is 0 Å². The van der Waals surface area contributed by atoms with Gasteiger partial charge in [0.15, 0.2) is 0 Å². The smallest absolute Gasteiger partial charge is 0.107 e. The standard InChI is InChI=1S/C13H22BrClN2O2S/c1-9(8-19-3)17(4-5-18-2)11(7-16)12-6-10(14)13(15)20-12/h6,9,11H,4-5,7-8,16H2,1-3H3. The average molecular weight is 386 g/mol. The van der Waals surface area contributed by atoms with Crippen LogP contribution in [0.25, 0.3) is 0 Å². The van der Waals surface area contributed by atoms with Gasteiger partial charge < -0.3 is 15.2 Å². The molecule has 1 aromatic rings. The zero-order valence-corrected chi connectivity index (χ0v) is 15.2. The van der Waals surface area contributed by atoms with Crippen molar-refractivity contribution in [1.29, 1.82) is 0 Å². The van der Waals surface area contributed by atoms with Crippen molar-refractivity contribution in [1.82, 2.24) is 4.90 Å². The molecule has 1 aromatic heterocycles. The Hall–Kier alpha value is 0.310. The molecule has 2 N–H and O–H groups in total. The van der Waals surface area contributed by atoms with Crippen LogP contribution in [-0.4, -0.2) is 51.5 Å². The molecule has 0 saturated heterocycles. The lowest BCUT2D eigenvalue weighted by atomic mass is 10.1. The van der Waals surface area contributed by atoms with Crippen molar-refractivity contribution in [3.63, 3.8) is 0 Å². The van der Waals surface area contributed by atoms with E-state index < -0.39 is 0 Å². The van der Waals surface area contributed by atoms with Crippen molar-refractivity contribution < 1.29 is 9.47 Å². The lowest BCUT2D eigenvalue weighted by Gasteiger charge is -2.35. The zero-order chi connectivity index (χ0) is 15.1. The predicted octanol–water partition coefficient (Wildman–Crippen LogP) is 3.15. The van der Waals surface area contributed by atoms with E-state index in [0.29, 0.717) is 19.8 Å². The third kappa shape index (κ3) is 4.94. The molecule has 1 rings (SSSR count). The largest absolute Gasteiger partial charge is 0.383 e. The molecule has 1 heterocycles. The number of thiophene rings is 1. The Labute approximate surface area is 138 Å². The van der Waals surface area contributed by atoms with E-state index in [1.807, 2.05) is 6.07 Å². The molecule has 0 amide bonds. The maximum Gasteiger partial charge on any atom is 0.107 e. The summed E-state index contributed by atoms with van der Waals surface area (Å²) in [6.07, 6.45) is 0. The minimum atomic E-state index is 0.115. The molecule has 2 unspecified atom stereocenters. The van der Waals surface area contributed by atoms with Gasteiger partial charge in [-0.25, -0.2) is 0 Å². The first-order chi connectivity index (χ1) is 9.54. The van der Waals surface area contributed by atoms with Crippen molar-refractivity contribution in [2.75, 3.05) is 40.5 Å². The van der Waals surface area contributed by atoms with Crippen LogP contribution in [0.3, 0.4) is 0 Å². The van der Waals surface area contributed by atoms with Gasteiger partial charge in [-0.3, -0.25) is 4.90 Å². The summed E-state index contributed by atoms with van der Waals surface area (Å²) in [6.45, 7) is 4.77. The molecule has 2 atom stereocenters. The number of ether oxygens (including phenoxy) is 2. The average Bonchev–Trinajstić information content (AvgIpc) is 2.74. The monoisotopic (exact) mass is 384 g/mol. The second kappa shape index (κ2) is 9.35. The third-order valence-electron chi connectivity index (χ3n) is 3.14. The van der Waals surface area contributed by atoms with Gasteiger partial charge >= 0.3 is 0 Å². The molecule has 0 bridgehead atoms. The number of methoxy groups -OCH3 is 2. The van der Waals surface area contributed by atoms with E-state index in [1.54, 1.807) is 25.6 Å². The first-order valence-corrected chi connectivity index (χ1v) is 8.42. The molecule has 0 aliphatic carbocycles. The number of nitrogens with zero attached hydrogens (tertiary/aromatic N) is 1. The molecule has 0 fully saturated rings. The second-order valence-corrected chi connectivity index (χ2v) is 7.10. The van der Waals surface area contributed by atoms with Crippen LogP contribution in [-0.2, 0) is 9.47 Å². The molecule has 0 spiro atoms. The highest BCUT2D eigenvalue weighted by molar-refractivity contribution is 9.10. The number of nitrogens with two attached hydrogens (primary N) is 1. The van der Waals surface area contributed by atoms with E-state index in [9.17, 15) is 0 Å². The van der Waals surface area contributed by atoms with Gasteiger partial charge in [0.1, 0.15) is 4.34 Å². The summed E-state index contributed by atoms with van der Waals surface area (Å²) < 4.78 is 12.1. The molecule has 7 heteroatoms. The van der Waals surface area contributed by atoms with E-state index in [2.05, 4.69) is 27.8 Å². The highest BCUT2D eigenvalue weighted by Crippen LogP contribution is 2.37. The molecular formula is C13H22BrClN2O2S. The summed E-state index contributed by atoms with van der Waals surface area (Å²) in [4.78, 5) is 3.46. The fourth-order valence-corrected chi connectivity index (χ4v) is 4.03. The van der Waals surface area contributed by atoms with Crippen LogP contribution >= 0.6 is 38.9 Å². The molecular weight excluding hydrogens is 364 g/mol. The van der Waals surface area contributed by atoms with Crippen LogP contribution in [0.4, 0.5) is 0 Å². The van der Waals surface area contributed by atoms with E-state index in [4.69, 9.17) is 26.8 Å². The Morgan fingerprint density at radius 3 is 2.60 bits per heavy atom.